The standard InChI is InChI=1S/C12H10N2O/c13-12(15)8-7-10-6-5-9-3-1-2-4-11(9)14-10/h1-8H,(H2,13,15). The van der Waals surface area contributed by atoms with Gasteiger partial charge in [-0.25, -0.2) is 4.98 Å². The van der Waals surface area contributed by atoms with Crippen LogP contribution in [0.4, 0.5) is 0 Å². The Hall–Kier alpha value is -2.16. The number of para-hydroxylation sites is 1. The van der Waals surface area contributed by atoms with Gasteiger partial charge in [-0.15, -0.1) is 0 Å². The average molecular weight is 198 g/mol. The van der Waals surface area contributed by atoms with Crippen LogP contribution in [0, 0.1) is 0 Å². The fourth-order valence-electron chi connectivity index (χ4n) is 1.34. The SMILES string of the molecule is NC(=O)C=Cc1ccc2ccccc2n1. The molecule has 3 heteroatoms. The summed E-state index contributed by atoms with van der Waals surface area (Å²) in [5.74, 6) is -0.468. The van der Waals surface area contributed by atoms with Gasteiger partial charge in [-0.3, -0.25) is 4.79 Å². The van der Waals surface area contributed by atoms with Crippen LogP contribution in [0.3, 0.4) is 0 Å². The summed E-state index contributed by atoms with van der Waals surface area (Å²) in [7, 11) is 0. The van der Waals surface area contributed by atoms with Crippen LogP contribution in [0.15, 0.2) is 42.5 Å². The highest BCUT2D eigenvalue weighted by Crippen LogP contribution is 2.12. The molecule has 1 aromatic heterocycles. The first-order chi connectivity index (χ1) is 7.25. The predicted octanol–water partition coefficient (Wildman–Crippen LogP) is 1.73. The van der Waals surface area contributed by atoms with Gasteiger partial charge in [-0.05, 0) is 18.2 Å². The first kappa shape index (κ1) is 9.40. The molecule has 0 radical (unpaired) electrons. The summed E-state index contributed by atoms with van der Waals surface area (Å²) in [5, 5.41) is 1.08. The van der Waals surface area contributed by atoms with Gasteiger partial charge in [0.15, 0.2) is 0 Å². The summed E-state index contributed by atoms with van der Waals surface area (Å²) >= 11 is 0. The largest absolute Gasteiger partial charge is 0.366 e. The molecule has 0 spiro atoms. The lowest BCUT2D eigenvalue weighted by molar-refractivity contribution is -0.113. The minimum Gasteiger partial charge on any atom is -0.366 e. The minimum absolute atomic E-state index is 0.468. The number of fused-ring (bicyclic) bond motifs is 1. The molecule has 0 saturated heterocycles. The van der Waals surface area contributed by atoms with E-state index in [1.165, 1.54) is 6.08 Å². The van der Waals surface area contributed by atoms with Crippen molar-refractivity contribution in [2.75, 3.05) is 0 Å². The highest BCUT2D eigenvalue weighted by molar-refractivity contribution is 5.90. The number of hydrogen-bond donors (Lipinski definition) is 1. The zero-order chi connectivity index (χ0) is 10.7. The Bertz CT molecular complexity index is 532. The van der Waals surface area contributed by atoms with Gasteiger partial charge in [0, 0.05) is 11.5 Å². The lowest BCUT2D eigenvalue weighted by atomic mass is 10.2. The number of carbonyl (C=O) groups is 1. The second kappa shape index (κ2) is 3.92. The number of amides is 1. The molecular weight excluding hydrogens is 188 g/mol. The zero-order valence-electron chi connectivity index (χ0n) is 8.05. The normalized spacial score (nSPS) is 10.9. The number of aromatic nitrogens is 1. The fraction of sp³-hybridized carbons (Fsp3) is 0. The van der Waals surface area contributed by atoms with Gasteiger partial charge >= 0.3 is 0 Å². The second-order valence-electron chi connectivity index (χ2n) is 3.16. The van der Waals surface area contributed by atoms with Crippen molar-refractivity contribution in [2.24, 2.45) is 5.73 Å². The Labute approximate surface area is 87.2 Å². The monoisotopic (exact) mass is 198 g/mol. The Morgan fingerprint density at radius 3 is 2.80 bits per heavy atom. The molecule has 3 nitrogen and oxygen atoms in total. The maximum atomic E-state index is 10.5. The molecule has 0 fully saturated rings. The molecule has 0 aliphatic carbocycles. The Kier molecular flexibility index (Phi) is 2.46. The van der Waals surface area contributed by atoms with Gasteiger partial charge in [-0.1, -0.05) is 24.3 Å². The van der Waals surface area contributed by atoms with Crippen molar-refractivity contribution >= 4 is 22.9 Å². The summed E-state index contributed by atoms with van der Waals surface area (Å²) in [6, 6.07) is 11.6. The van der Waals surface area contributed by atoms with Crippen molar-refractivity contribution < 1.29 is 4.79 Å². The van der Waals surface area contributed by atoms with Crippen molar-refractivity contribution in [3.05, 3.63) is 48.2 Å². The van der Waals surface area contributed by atoms with E-state index in [9.17, 15) is 4.79 Å². The van der Waals surface area contributed by atoms with E-state index in [0.29, 0.717) is 0 Å². The molecule has 1 heterocycles. The molecule has 2 aromatic rings. The van der Waals surface area contributed by atoms with E-state index in [1.807, 2.05) is 36.4 Å². The van der Waals surface area contributed by atoms with E-state index in [4.69, 9.17) is 5.73 Å². The van der Waals surface area contributed by atoms with E-state index in [0.717, 1.165) is 16.6 Å². The second-order valence-corrected chi connectivity index (χ2v) is 3.16. The van der Waals surface area contributed by atoms with Crippen LogP contribution < -0.4 is 5.73 Å². The van der Waals surface area contributed by atoms with Gasteiger partial charge in [0.1, 0.15) is 0 Å². The Morgan fingerprint density at radius 2 is 2.00 bits per heavy atom. The minimum atomic E-state index is -0.468. The number of carbonyl (C=O) groups excluding carboxylic acids is 1. The van der Waals surface area contributed by atoms with E-state index >= 15 is 0 Å². The maximum Gasteiger partial charge on any atom is 0.241 e. The summed E-state index contributed by atoms with van der Waals surface area (Å²) in [6.45, 7) is 0. The molecule has 2 N–H and O–H groups in total. The highest BCUT2D eigenvalue weighted by Gasteiger charge is 1.94. The molecule has 2 rings (SSSR count). The number of rotatable bonds is 2. The Morgan fingerprint density at radius 1 is 1.20 bits per heavy atom. The molecule has 0 bridgehead atoms. The quantitative estimate of drug-likeness (QED) is 0.747. The number of hydrogen-bond acceptors (Lipinski definition) is 2. The van der Waals surface area contributed by atoms with Crippen LogP contribution >= 0.6 is 0 Å². The first-order valence-electron chi connectivity index (χ1n) is 4.59. The molecule has 74 valence electrons. The molecular formula is C12H10N2O. The lowest BCUT2D eigenvalue weighted by Gasteiger charge is -1.97. The lowest BCUT2D eigenvalue weighted by Crippen LogP contribution is -2.05. The highest BCUT2D eigenvalue weighted by atomic mass is 16.1. The molecule has 1 aromatic carbocycles. The topological polar surface area (TPSA) is 56.0 Å². The van der Waals surface area contributed by atoms with Gasteiger partial charge in [0.2, 0.25) is 5.91 Å². The summed E-state index contributed by atoms with van der Waals surface area (Å²) in [5.41, 5.74) is 6.64. The van der Waals surface area contributed by atoms with Gasteiger partial charge in [0.05, 0.1) is 11.2 Å². The third kappa shape index (κ3) is 2.20. The average Bonchev–Trinajstić information content (AvgIpc) is 2.26. The van der Waals surface area contributed by atoms with Crippen molar-refractivity contribution in [1.82, 2.24) is 4.98 Å². The van der Waals surface area contributed by atoms with Crippen LogP contribution in [-0.2, 0) is 4.79 Å². The number of nitrogens with zero attached hydrogens (tertiary/aromatic N) is 1. The molecule has 1 amide bonds. The van der Waals surface area contributed by atoms with Crippen molar-refractivity contribution in [1.29, 1.82) is 0 Å². The molecule has 0 saturated carbocycles. The molecule has 15 heavy (non-hydrogen) atoms. The van der Waals surface area contributed by atoms with Crippen LogP contribution in [0.2, 0.25) is 0 Å². The fourth-order valence-corrected chi connectivity index (χ4v) is 1.34. The van der Waals surface area contributed by atoms with Crippen molar-refractivity contribution in [2.45, 2.75) is 0 Å². The van der Waals surface area contributed by atoms with Crippen LogP contribution in [-0.4, -0.2) is 10.9 Å². The first-order valence-corrected chi connectivity index (χ1v) is 4.59. The van der Waals surface area contributed by atoms with Crippen LogP contribution in [0.1, 0.15) is 5.69 Å². The molecule has 0 unspecified atom stereocenters. The number of benzene rings is 1. The smallest absolute Gasteiger partial charge is 0.241 e. The van der Waals surface area contributed by atoms with Crippen LogP contribution in [0.25, 0.3) is 17.0 Å². The third-order valence-corrected chi connectivity index (χ3v) is 2.04. The summed E-state index contributed by atoms with van der Waals surface area (Å²) < 4.78 is 0. The molecule has 0 aliphatic rings. The number of pyridine rings is 1. The predicted molar refractivity (Wildman–Crippen MR) is 60.0 cm³/mol. The summed E-state index contributed by atoms with van der Waals surface area (Å²) in [6.07, 6.45) is 2.91. The number of nitrogens with two attached hydrogens (primary N) is 1. The molecule has 0 atom stereocenters. The van der Waals surface area contributed by atoms with Gasteiger partial charge < -0.3 is 5.73 Å². The van der Waals surface area contributed by atoms with Gasteiger partial charge in [-0.2, -0.15) is 0 Å². The van der Waals surface area contributed by atoms with E-state index in [-0.39, 0.29) is 0 Å². The van der Waals surface area contributed by atoms with E-state index in [2.05, 4.69) is 4.98 Å². The summed E-state index contributed by atoms with van der Waals surface area (Å²) in [4.78, 5) is 14.9. The Balaban J connectivity index is 2.43. The maximum absolute atomic E-state index is 10.5. The van der Waals surface area contributed by atoms with E-state index in [1.54, 1.807) is 6.08 Å². The zero-order valence-corrected chi connectivity index (χ0v) is 8.05. The molecule has 0 aliphatic heterocycles. The third-order valence-electron chi connectivity index (χ3n) is 2.04. The van der Waals surface area contributed by atoms with Gasteiger partial charge in [0.25, 0.3) is 0 Å². The number of primary amides is 1. The van der Waals surface area contributed by atoms with Crippen molar-refractivity contribution in [3.8, 4) is 0 Å². The van der Waals surface area contributed by atoms with Crippen molar-refractivity contribution in [3.63, 3.8) is 0 Å². The van der Waals surface area contributed by atoms with E-state index < -0.39 is 5.91 Å². The van der Waals surface area contributed by atoms with Crippen LogP contribution in [0.5, 0.6) is 0 Å².